The van der Waals surface area contributed by atoms with Crippen LogP contribution in [0, 0.1) is 0 Å². The van der Waals surface area contributed by atoms with Crippen LogP contribution < -0.4 is 26.0 Å². The lowest BCUT2D eigenvalue weighted by Crippen LogP contribution is -2.37. The van der Waals surface area contributed by atoms with Gasteiger partial charge in [0.1, 0.15) is 6.54 Å². The van der Waals surface area contributed by atoms with Crippen molar-refractivity contribution in [3.63, 3.8) is 0 Å². The number of rotatable bonds is 8. The van der Waals surface area contributed by atoms with Gasteiger partial charge in [-0.05, 0) is 17.7 Å². The smallest absolute Gasteiger partial charge is 0.328 e. The number of aromatic amines is 2. The minimum Gasteiger partial charge on any atom is -0.493 e. The normalized spacial score (nSPS) is 11.8. The van der Waals surface area contributed by atoms with Gasteiger partial charge in [-0.25, -0.2) is 4.79 Å². The molecule has 0 fully saturated rings. The van der Waals surface area contributed by atoms with Crippen molar-refractivity contribution in [1.82, 2.24) is 19.9 Å². The molecule has 33 heavy (non-hydrogen) atoms. The molecule has 170 valence electrons. The molecule has 2 aromatic carbocycles. The zero-order valence-corrected chi connectivity index (χ0v) is 18.3. The third-order valence-electron chi connectivity index (χ3n) is 5.52. The number of fused-ring (bicyclic) bond motifs is 1. The fourth-order valence-electron chi connectivity index (χ4n) is 3.95. The third-order valence-corrected chi connectivity index (χ3v) is 5.52. The quantitative estimate of drug-likeness (QED) is 0.381. The molecule has 3 N–H and O–H groups in total. The van der Waals surface area contributed by atoms with Crippen LogP contribution >= 0.6 is 0 Å². The molecule has 0 aliphatic heterocycles. The maximum absolute atomic E-state index is 12.7. The first-order chi connectivity index (χ1) is 16.0. The van der Waals surface area contributed by atoms with Crippen molar-refractivity contribution in [2.45, 2.75) is 12.5 Å². The van der Waals surface area contributed by atoms with Crippen LogP contribution in [0.25, 0.3) is 10.9 Å². The summed E-state index contributed by atoms with van der Waals surface area (Å²) in [6.07, 6.45) is 3.22. The van der Waals surface area contributed by atoms with Gasteiger partial charge in [-0.15, -0.1) is 0 Å². The molecule has 0 aliphatic rings. The van der Waals surface area contributed by atoms with E-state index in [1.807, 2.05) is 48.7 Å². The van der Waals surface area contributed by atoms with Crippen LogP contribution in [0.3, 0.4) is 0 Å². The predicted octanol–water partition coefficient (Wildman–Crippen LogP) is 1.98. The van der Waals surface area contributed by atoms with Crippen LogP contribution in [-0.2, 0) is 11.3 Å². The third kappa shape index (κ3) is 4.52. The molecule has 0 aliphatic carbocycles. The molecule has 0 bridgehead atoms. The Morgan fingerprint density at radius 1 is 1.03 bits per heavy atom. The summed E-state index contributed by atoms with van der Waals surface area (Å²) in [7, 11) is 3.15. The lowest BCUT2D eigenvalue weighted by Gasteiger charge is -2.22. The number of aromatic nitrogens is 3. The van der Waals surface area contributed by atoms with Crippen molar-refractivity contribution in [3.8, 4) is 11.5 Å². The van der Waals surface area contributed by atoms with Gasteiger partial charge in [0.05, 0.1) is 14.2 Å². The highest BCUT2D eigenvalue weighted by molar-refractivity contribution is 5.84. The Labute approximate surface area is 189 Å². The van der Waals surface area contributed by atoms with Gasteiger partial charge in [0, 0.05) is 47.4 Å². The number of methoxy groups -OCH3 is 2. The van der Waals surface area contributed by atoms with Crippen molar-refractivity contribution in [3.05, 3.63) is 92.9 Å². The zero-order chi connectivity index (χ0) is 23.4. The molecule has 4 aromatic rings. The molecule has 1 atom stereocenters. The van der Waals surface area contributed by atoms with E-state index in [0.29, 0.717) is 11.5 Å². The van der Waals surface area contributed by atoms with Crippen LogP contribution in [0.4, 0.5) is 0 Å². The van der Waals surface area contributed by atoms with Crippen molar-refractivity contribution < 1.29 is 14.3 Å². The number of amides is 1. The van der Waals surface area contributed by atoms with Crippen LogP contribution in [-0.4, -0.2) is 41.2 Å². The van der Waals surface area contributed by atoms with Crippen molar-refractivity contribution in [2.75, 3.05) is 20.8 Å². The van der Waals surface area contributed by atoms with E-state index in [2.05, 4.69) is 15.3 Å². The van der Waals surface area contributed by atoms with E-state index in [4.69, 9.17) is 9.47 Å². The second-order valence-corrected chi connectivity index (χ2v) is 7.47. The highest BCUT2D eigenvalue weighted by Crippen LogP contribution is 2.40. The van der Waals surface area contributed by atoms with Crippen LogP contribution in [0.1, 0.15) is 17.0 Å². The molecular weight excluding hydrogens is 424 g/mol. The SMILES string of the molecule is COc1cccc(C(CNC(=O)Cn2ccc(=O)[nH]c2=O)c2c[nH]c3ccccc23)c1OC. The maximum atomic E-state index is 12.7. The Hall–Kier alpha value is -4.27. The minimum atomic E-state index is -0.639. The molecule has 0 spiro atoms. The predicted molar refractivity (Wildman–Crippen MR) is 124 cm³/mol. The van der Waals surface area contributed by atoms with Crippen LogP contribution in [0.5, 0.6) is 11.5 Å². The van der Waals surface area contributed by atoms with Gasteiger partial charge in [-0.3, -0.25) is 19.1 Å². The first-order valence-electron chi connectivity index (χ1n) is 10.3. The van der Waals surface area contributed by atoms with E-state index in [0.717, 1.165) is 26.6 Å². The number of nitrogens with zero attached hydrogens (tertiary/aromatic N) is 1. The summed E-state index contributed by atoms with van der Waals surface area (Å²) in [6.45, 7) is 0.0355. The molecule has 0 saturated heterocycles. The van der Waals surface area contributed by atoms with Crippen LogP contribution in [0.2, 0.25) is 0 Å². The maximum Gasteiger partial charge on any atom is 0.328 e. The van der Waals surface area contributed by atoms with Gasteiger partial charge < -0.3 is 19.8 Å². The van der Waals surface area contributed by atoms with E-state index in [1.54, 1.807) is 14.2 Å². The lowest BCUT2D eigenvalue weighted by atomic mass is 9.90. The number of H-pyrrole nitrogens is 2. The number of para-hydroxylation sites is 2. The summed E-state index contributed by atoms with van der Waals surface area (Å²) in [5, 5.41) is 3.94. The largest absolute Gasteiger partial charge is 0.493 e. The van der Waals surface area contributed by atoms with Gasteiger partial charge >= 0.3 is 5.69 Å². The Morgan fingerprint density at radius 3 is 2.61 bits per heavy atom. The number of carbonyl (C=O) groups excluding carboxylic acids is 1. The summed E-state index contributed by atoms with van der Waals surface area (Å²) in [6, 6.07) is 14.7. The molecule has 9 heteroatoms. The molecule has 0 saturated carbocycles. The fourth-order valence-corrected chi connectivity index (χ4v) is 3.95. The van der Waals surface area contributed by atoms with Gasteiger partial charge in [0.2, 0.25) is 5.91 Å². The second kappa shape index (κ2) is 9.47. The Balaban J connectivity index is 1.67. The van der Waals surface area contributed by atoms with E-state index < -0.39 is 11.2 Å². The number of hydrogen-bond acceptors (Lipinski definition) is 5. The van der Waals surface area contributed by atoms with Crippen molar-refractivity contribution in [2.24, 2.45) is 0 Å². The highest BCUT2D eigenvalue weighted by Gasteiger charge is 2.24. The average molecular weight is 448 g/mol. The molecule has 2 aromatic heterocycles. The number of benzene rings is 2. The van der Waals surface area contributed by atoms with Crippen LogP contribution in [0.15, 0.2) is 70.5 Å². The molecular formula is C24H24N4O5. The summed E-state index contributed by atoms with van der Waals surface area (Å²) in [4.78, 5) is 41.3. The van der Waals surface area contributed by atoms with E-state index in [-0.39, 0.29) is 24.9 Å². The molecule has 9 nitrogen and oxygen atoms in total. The first kappa shape index (κ1) is 21.9. The number of nitrogens with one attached hydrogen (secondary N) is 3. The Morgan fingerprint density at radius 2 is 1.85 bits per heavy atom. The molecule has 4 rings (SSSR count). The van der Waals surface area contributed by atoms with Gasteiger partial charge in [-0.2, -0.15) is 0 Å². The van der Waals surface area contributed by atoms with Gasteiger partial charge in [0.25, 0.3) is 5.56 Å². The highest BCUT2D eigenvalue weighted by atomic mass is 16.5. The fraction of sp³-hybridized carbons (Fsp3) is 0.208. The molecule has 0 radical (unpaired) electrons. The molecule has 2 heterocycles. The Bertz CT molecular complexity index is 1400. The summed E-state index contributed by atoms with van der Waals surface area (Å²) in [5.74, 6) is 0.547. The summed E-state index contributed by atoms with van der Waals surface area (Å²) >= 11 is 0. The lowest BCUT2D eigenvalue weighted by molar-refractivity contribution is -0.121. The van der Waals surface area contributed by atoms with Gasteiger partial charge in [-0.1, -0.05) is 30.3 Å². The average Bonchev–Trinajstić information content (AvgIpc) is 3.25. The van der Waals surface area contributed by atoms with Crippen molar-refractivity contribution >= 4 is 16.8 Å². The first-order valence-corrected chi connectivity index (χ1v) is 10.3. The standard InChI is InChI=1S/C24H24N4O5/c1-32-20-9-5-7-16(23(20)33-2)18(17-12-25-19-8-4-3-6-15(17)19)13-26-22(30)14-28-11-10-21(29)27-24(28)31/h3-12,18,25H,13-14H2,1-2H3,(H,26,30)(H,27,29,31). The zero-order valence-electron chi connectivity index (χ0n) is 18.3. The Kier molecular flexibility index (Phi) is 6.30. The number of carbonyl (C=O) groups is 1. The van der Waals surface area contributed by atoms with E-state index in [1.165, 1.54) is 12.3 Å². The summed E-state index contributed by atoms with van der Waals surface area (Å²) in [5.41, 5.74) is 1.66. The minimum absolute atomic E-state index is 0.217. The monoisotopic (exact) mass is 448 g/mol. The topological polar surface area (TPSA) is 118 Å². The molecule has 1 unspecified atom stereocenters. The number of hydrogen-bond donors (Lipinski definition) is 3. The van der Waals surface area contributed by atoms with Crippen molar-refractivity contribution in [1.29, 1.82) is 0 Å². The molecule has 1 amide bonds. The van der Waals surface area contributed by atoms with E-state index in [9.17, 15) is 14.4 Å². The van der Waals surface area contributed by atoms with E-state index >= 15 is 0 Å². The van der Waals surface area contributed by atoms with Gasteiger partial charge in [0.15, 0.2) is 11.5 Å². The summed E-state index contributed by atoms with van der Waals surface area (Å²) < 4.78 is 12.3. The number of ether oxygens (including phenoxy) is 2. The second-order valence-electron chi connectivity index (χ2n) is 7.47.